The minimum atomic E-state index is -0.395. The highest BCUT2D eigenvalue weighted by Crippen LogP contribution is 2.32. The number of anilines is 1. The summed E-state index contributed by atoms with van der Waals surface area (Å²) in [5.41, 5.74) is 0.990. The Kier molecular flexibility index (Phi) is 4.25. The first-order valence-electron chi connectivity index (χ1n) is 7.84. The van der Waals surface area contributed by atoms with E-state index in [4.69, 9.17) is 5.26 Å². The second-order valence-electron chi connectivity index (χ2n) is 6.19. The van der Waals surface area contributed by atoms with Crippen molar-refractivity contribution in [3.8, 4) is 6.07 Å². The van der Waals surface area contributed by atoms with Crippen LogP contribution in [0.25, 0.3) is 0 Å². The van der Waals surface area contributed by atoms with E-state index in [0.29, 0.717) is 17.3 Å². The topological polar surface area (TPSA) is 82.2 Å². The fourth-order valence-corrected chi connectivity index (χ4v) is 2.99. The van der Waals surface area contributed by atoms with Crippen LogP contribution in [0, 0.1) is 27.4 Å². The van der Waals surface area contributed by atoms with E-state index in [1.165, 1.54) is 18.9 Å². The molecule has 116 valence electrons. The molecule has 6 heteroatoms. The summed E-state index contributed by atoms with van der Waals surface area (Å²) in [4.78, 5) is 12.9. The Bertz CT molecular complexity index is 599. The Hall–Kier alpha value is -2.13. The van der Waals surface area contributed by atoms with E-state index in [-0.39, 0.29) is 5.69 Å². The standard InChI is InChI=1S/C16H20N4O2/c17-10-13-3-4-15(16(9-13)20(21)22)19-7-5-14(6-8-19)18-11-12-1-2-12/h3-4,9,12,14,18H,1-2,5-8,11H2. The quantitative estimate of drug-likeness (QED) is 0.667. The molecule has 2 fully saturated rings. The number of hydrogen-bond donors (Lipinski definition) is 1. The van der Waals surface area contributed by atoms with Crippen LogP contribution in [0.2, 0.25) is 0 Å². The molecule has 0 aromatic heterocycles. The van der Waals surface area contributed by atoms with Crippen LogP contribution in [-0.4, -0.2) is 30.6 Å². The van der Waals surface area contributed by atoms with Gasteiger partial charge in [0.05, 0.1) is 16.6 Å². The molecule has 2 aliphatic rings. The van der Waals surface area contributed by atoms with E-state index < -0.39 is 4.92 Å². The van der Waals surface area contributed by atoms with Crippen molar-refractivity contribution in [2.45, 2.75) is 31.7 Å². The van der Waals surface area contributed by atoms with E-state index in [0.717, 1.165) is 38.4 Å². The zero-order valence-electron chi connectivity index (χ0n) is 12.5. The number of nitro benzene ring substituents is 1. The molecule has 1 saturated carbocycles. The predicted molar refractivity (Wildman–Crippen MR) is 83.8 cm³/mol. The molecule has 3 rings (SSSR count). The van der Waals surface area contributed by atoms with Crippen LogP contribution in [0.1, 0.15) is 31.2 Å². The molecule has 0 amide bonds. The number of nitrogens with one attached hydrogen (secondary N) is 1. The number of benzene rings is 1. The molecule has 22 heavy (non-hydrogen) atoms. The minimum absolute atomic E-state index is 0.0310. The molecule has 0 radical (unpaired) electrons. The van der Waals surface area contributed by atoms with E-state index in [2.05, 4.69) is 10.2 Å². The van der Waals surface area contributed by atoms with Gasteiger partial charge in [0.15, 0.2) is 0 Å². The molecule has 0 atom stereocenters. The summed E-state index contributed by atoms with van der Waals surface area (Å²) in [6.07, 6.45) is 4.71. The molecule has 1 N–H and O–H groups in total. The van der Waals surface area contributed by atoms with Gasteiger partial charge in [0.1, 0.15) is 5.69 Å². The second-order valence-corrected chi connectivity index (χ2v) is 6.19. The van der Waals surface area contributed by atoms with Gasteiger partial charge >= 0.3 is 0 Å². The summed E-state index contributed by atoms with van der Waals surface area (Å²) in [5, 5.41) is 23.7. The third-order valence-corrected chi connectivity index (χ3v) is 4.53. The van der Waals surface area contributed by atoms with Gasteiger partial charge < -0.3 is 10.2 Å². The minimum Gasteiger partial charge on any atom is -0.366 e. The zero-order chi connectivity index (χ0) is 15.5. The lowest BCUT2D eigenvalue weighted by molar-refractivity contribution is -0.384. The fourth-order valence-electron chi connectivity index (χ4n) is 2.99. The van der Waals surface area contributed by atoms with Crippen LogP contribution in [0.4, 0.5) is 11.4 Å². The highest BCUT2D eigenvalue weighted by atomic mass is 16.6. The lowest BCUT2D eigenvalue weighted by Gasteiger charge is -2.33. The summed E-state index contributed by atoms with van der Waals surface area (Å²) in [7, 11) is 0. The Labute approximate surface area is 129 Å². The van der Waals surface area contributed by atoms with Gasteiger partial charge in [-0.2, -0.15) is 5.26 Å². The first-order valence-corrected chi connectivity index (χ1v) is 7.84. The van der Waals surface area contributed by atoms with Gasteiger partial charge in [0.2, 0.25) is 0 Å². The summed E-state index contributed by atoms with van der Waals surface area (Å²) in [6, 6.07) is 7.21. The molecule has 1 saturated heterocycles. The number of nitriles is 1. The van der Waals surface area contributed by atoms with Crippen molar-refractivity contribution in [2.24, 2.45) is 5.92 Å². The summed E-state index contributed by atoms with van der Waals surface area (Å²) in [6.45, 7) is 2.74. The third-order valence-electron chi connectivity index (χ3n) is 4.53. The van der Waals surface area contributed by atoms with E-state index >= 15 is 0 Å². The molecule has 1 aliphatic carbocycles. The van der Waals surface area contributed by atoms with E-state index in [1.54, 1.807) is 12.1 Å². The molecular weight excluding hydrogens is 280 g/mol. The van der Waals surface area contributed by atoms with Crippen LogP contribution in [0.5, 0.6) is 0 Å². The highest BCUT2D eigenvalue weighted by Gasteiger charge is 2.27. The Morgan fingerprint density at radius 3 is 2.64 bits per heavy atom. The lowest BCUT2D eigenvalue weighted by atomic mass is 10.0. The lowest BCUT2D eigenvalue weighted by Crippen LogP contribution is -2.43. The van der Waals surface area contributed by atoms with Crippen LogP contribution in [-0.2, 0) is 0 Å². The molecule has 0 bridgehead atoms. The number of rotatable bonds is 5. The number of nitro groups is 1. The second kappa shape index (κ2) is 6.32. The molecule has 1 aromatic carbocycles. The van der Waals surface area contributed by atoms with Crippen molar-refractivity contribution in [1.29, 1.82) is 5.26 Å². The molecular formula is C16H20N4O2. The summed E-state index contributed by atoms with van der Waals surface area (Å²) >= 11 is 0. The van der Waals surface area contributed by atoms with Crippen molar-refractivity contribution < 1.29 is 4.92 Å². The van der Waals surface area contributed by atoms with Gasteiger partial charge in [0.25, 0.3) is 5.69 Å². The van der Waals surface area contributed by atoms with Crippen LogP contribution in [0.15, 0.2) is 18.2 Å². The van der Waals surface area contributed by atoms with Crippen molar-refractivity contribution in [1.82, 2.24) is 5.32 Å². The molecule has 0 unspecified atom stereocenters. The summed E-state index contributed by atoms with van der Waals surface area (Å²) in [5.74, 6) is 0.873. The maximum absolute atomic E-state index is 11.2. The van der Waals surface area contributed by atoms with Gasteiger partial charge in [-0.1, -0.05) is 0 Å². The van der Waals surface area contributed by atoms with Gasteiger partial charge in [-0.05, 0) is 50.3 Å². The van der Waals surface area contributed by atoms with Crippen LogP contribution in [0.3, 0.4) is 0 Å². The monoisotopic (exact) mass is 300 g/mol. The van der Waals surface area contributed by atoms with E-state index in [1.807, 2.05) is 6.07 Å². The van der Waals surface area contributed by atoms with Crippen molar-refractivity contribution in [3.05, 3.63) is 33.9 Å². The van der Waals surface area contributed by atoms with Gasteiger partial charge in [-0.25, -0.2) is 0 Å². The molecule has 1 heterocycles. The van der Waals surface area contributed by atoms with E-state index in [9.17, 15) is 10.1 Å². The highest BCUT2D eigenvalue weighted by molar-refractivity contribution is 5.65. The smallest absolute Gasteiger partial charge is 0.293 e. The normalized spacial score (nSPS) is 19.0. The summed E-state index contributed by atoms with van der Waals surface area (Å²) < 4.78 is 0. The fraction of sp³-hybridized carbons (Fsp3) is 0.562. The predicted octanol–water partition coefficient (Wildman–Crippen LogP) is 2.43. The average molecular weight is 300 g/mol. The molecule has 6 nitrogen and oxygen atoms in total. The third kappa shape index (κ3) is 3.37. The number of hydrogen-bond acceptors (Lipinski definition) is 5. The molecule has 1 aromatic rings. The van der Waals surface area contributed by atoms with Crippen LogP contribution >= 0.6 is 0 Å². The van der Waals surface area contributed by atoms with Gasteiger partial charge in [-0.3, -0.25) is 10.1 Å². The molecule has 1 aliphatic heterocycles. The van der Waals surface area contributed by atoms with Crippen molar-refractivity contribution in [2.75, 3.05) is 24.5 Å². The number of piperidine rings is 1. The Morgan fingerprint density at radius 1 is 1.32 bits per heavy atom. The van der Waals surface area contributed by atoms with Crippen molar-refractivity contribution in [3.63, 3.8) is 0 Å². The van der Waals surface area contributed by atoms with Gasteiger partial charge in [0, 0.05) is 25.2 Å². The SMILES string of the molecule is N#Cc1ccc(N2CCC(NCC3CC3)CC2)c([N+](=O)[O-])c1. The largest absolute Gasteiger partial charge is 0.366 e. The van der Waals surface area contributed by atoms with Gasteiger partial charge in [-0.15, -0.1) is 0 Å². The maximum atomic E-state index is 11.2. The van der Waals surface area contributed by atoms with Crippen LogP contribution < -0.4 is 10.2 Å². The average Bonchev–Trinajstić information content (AvgIpc) is 3.37. The Balaban J connectivity index is 1.65. The molecule has 0 spiro atoms. The zero-order valence-corrected chi connectivity index (χ0v) is 12.5. The first-order chi connectivity index (χ1) is 10.7. The first kappa shape index (κ1) is 14.8. The maximum Gasteiger partial charge on any atom is 0.293 e. The Morgan fingerprint density at radius 2 is 2.05 bits per heavy atom. The van der Waals surface area contributed by atoms with Crippen molar-refractivity contribution >= 4 is 11.4 Å². The number of nitrogens with zero attached hydrogens (tertiary/aromatic N) is 3.